The van der Waals surface area contributed by atoms with Crippen molar-refractivity contribution in [3.63, 3.8) is 0 Å². The van der Waals surface area contributed by atoms with E-state index in [9.17, 15) is 9.59 Å². The van der Waals surface area contributed by atoms with Crippen LogP contribution in [0.2, 0.25) is 0 Å². The Balaban J connectivity index is 1.55. The molecule has 3 heterocycles. The van der Waals surface area contributed by atoms with Gasteiger partial charge in [-0.2, -0.15) is 0 Å². The van der Waals surface area contributed by atoms with Gasteiger partial charge in [0.2, 0.25) is 5.91 Å². The lowest BCUT2D eigenvalue weighted by molar-refractivity contribution is -0.120. The van der Waals surface area contributed by atoms with E-state index in [1.165, 1.54) is 0 Å². The van der Waals surface area contributed by atoms with Gasteiger partial charge in [-0.15, -0.1) is 0 Å². The second-order valence-corrected chi connectivity index (χ2v) is 8.51. The van der Waals surface area contributed by atoms with Gasteiger partial charge in [-0.05, 0) is 52.4 Å². The van der Waals surface area contributed by atoms with Crippen molar-refractivity contribution in [3.8, 4) is 0 Å². The Morgan fingerprint density at radius 3 is 2.50 bits per heavy atom. The first-order chi connectivity index (χ1) is 11.3. The number of amides is 2. The second-order valence-electron chi connectivity index (χ2n) is 8.51. The first-order valence-corrected chi connectivity index (χ1v) is 9.32. The van der Waals surface area contributed by atoms with Crippen molar-refractivity contribution >= 4 is 12.0 Å². The zero-order valence-electron chi connectivity index (χ0n) is 15.2. The van der Waals surface area contributed by atoms with E-state index in [-0.39, 0.29) is 12.0 Å². The van der Waals surface area contributed by atoms with Gasteiger partial charge in [0.1, 0.15) is 5.60 Å². The Hall–Kier alpha value is -1.30. The van der Waals surface area contributed by atoms with Crippen LogP contribution >= 0.6 is 0 Å². The van der Waals surface area contributed by atoms with Crippen molar-refractivity contribution < 1.29 is 14.3 Å². The third-order valence-corrected chi connectivity index (χ3v) is 5.36. The highest BCUT2D eigenvalue weighted by molar-refractivity contribution is 5.76. The van der Waals surface area contributed by atoms with Crippen molar-refractivity contribution in [2.24, 2.45) is 5.92 Å². The highest BCUT2D eigenvalue weighted by Gasteiger charge is 2.45. The molecule has 0 aromatic rings. The van der Waals surface area contributed by atoms with E-state index in [2.05, 4.69) is 10.2 Å². The molecule has 0 aromatic carbocycles. The van der Waals surface area contributed by atoms with Crippen LogP contribution in [0.5, 0.6) is 0 Å². The molecule has 0 aliphatic carbocycles. The van der Waals surface area contributed by atoms with Gasteiger partial charge in [0.25, 0.3) is 0 Å². The molecule has 6 nitrogen and oxygen atoms in total. The summed E-state index contributed by atoms with van der Waals surface area (Å²) in [6.07, 6.45) is 4.78. The summed E-state index contributed by atoms with van der Waals surface area (Å²) in [7, 11) is 0. The molecule has 0 aromatic heterocycles. The van der Waals surface area contributed by atoms with E-state index in [1.54, 1.807) is 0 Å². The van der Waals surface area contributed by atoms with Gasteiger partial charge >= 0.3 is 6.09 Å². The number of ether oxygens (including phenoxy) is 1. The number of nitrogens with zero attached hydrogens (tertiary/aromatic N) is 2. The van der Waals surface area contributed by atoms with E-state index in [0.717, 1.165) is 51.9 Å². The standard InChI is InChI=1S/C18H31N3O3/c1-18(2,3)24-17(23)21-14-4-5-15(21)11-13(10-14)12-20-8-6-16(22)19-7-9-20/h13-15H,4-12H2,1-3H3,(H,19,22). The SMILES string of the molecule is CC(C)(C)OC(=O)N1C2CCC1CC(CN1CCNC(=O)CC1)C2. The maximum Gasteiger partial charge on any atom is 0.410 e. The second kappa shape index (κ2) is 6.90. The molecule has 2 atom stereocenters. The van der Waals surface area contributed by atoms with Gasteiger partial charge in [0, 0.05) is 44.7 Å². The van der Waals surface area contributed by atoms with Crippen LogP contribution in [-0.2, 0) is 9.53 Å². The summed E-state index contributed by atoms with van der Waals surface area (Å²) in [4.78, 5) is 28.4. The summed E-state index contributed by atoms with van der Waals surface area (Å²) >= 11 is 0. The summed E-state index contributed by atoms with van der Waals surface area (Å²) in [6, 6.07) is 0.658. The maximum absolute atomic E-state index is 12.5. The number of fused-ring (bicyclic) bond motifs is 2. The van der Waals surface area contributed by atoms with Crippen LogP contribution < -0.4 is 5.32 Å². The Morgan fingerprint density at radius 2 is 1.88 bits per heavy atom. The van der Waals surface area contributed by atoms with Crippen LogP contribution in [0.3, 0.4) is 0 Å². The van der Waals surface area contributed by atoms with Crippen LogP contribution in [-0.4, -0.2) is 65.7 Å². The minimum absolute atomic E-state index is 0.141. The largest absolute Gasteiger partial charge is 0.444 e. The lowest BCUT2D eigenvalue weighted by Crippen LogP contribution is -2.50. The minimum atomic E-state index is -0.432. The van der Waals surface area contributed by atoms with Crippen LogP contribution in [0.4, 0.5) is 4.79 Å². The Kier molecular flexibility index (Phi) is 5.04. The van der Waals surface area contributed by atoms with E-state index in [1.807, 2.05) is 25.7 Å². The van der Waals surface area contributed by atoms with Crippen LogP contribution in [0.1, 0.15) is 52.9 Å². The molecule has 0 radical (unpaired) electrons. The predicted molar refractivity (Wildman–Crippen MR) is 91.7 cm³/mol. The molecule has 0 spiro atoms. The summed E-state index contributed by atoms with van der Waals surface area (Å²) < 4.78 is 5.60. The molecule has 3 aliphatic rings. The smallest absolute Gasteiger partial charge is 0.410 e. The summed E-state index contributed by atoms with van der Waals surface area (Å²) in [5.74, 6) is 0.784. The van der Waals surface area contributed by atoms with Crippen molar-refractivity contribution in [1.29, 1.82) is 0 Å². The van der Waals surface area contributed by atoms with Gasteiger partial charge in [-0.1, -0.05) is 0 Å². The zero-order valence-corrected chi connectivity index (χ0v) is 15.2. The van der Waals surface area contributed by atoms with E-state index < -0.39 is 5.60 Å². The molecule has 2 bridgehead atoms. The molecule has 6 heteroatoms. The number of hydrogen-bond acceptors (Lipinski definition) is 4. The Morgan fingerprint density at radius 1 is 1.21 bits per heavy atom. The lowest BCUT2D eigenvalue weighted by Gasteiger charge is -2.40. The topological polar surface area (TPSA) is 61.9 Å². The first-order valence-electron chi connectivity index (χ1n) is 9.32. The van der Waals surface area contributed by atoms with E-state index in [0.29, 0.717) is 24.4 Å². The molecule has 3 saturated heterocycles. The highest BCUT2D eigenvalue weighted by atomic mass is 16.6. The third-order valence-electron chi connectivity index (χ3n) is 5.36. The molecule has 24 heavy (non-hydrogen) atoms. The summed E-state index contributed by atoms with van der Waals surface area (Å²) in [5, 5.41) is 2.94. The molecule has 3 aliphatic heterocycles. The van der Waals surface area contributed by atoms with Crippen molar-refractivity contribution in [2.75, 3.05) is 26.2 Å². The lowest BCUT2D eigenvalue weighted by atomic mass is 9.90. The fourth-order valence-corrected chi connectivity index (χ4v) is 4.41. The molecule has 136 valence electrons. The number of carbonyl (C=O) groups is 2. The van der Waals surface area contributed by atoms with Gasteiger partial charge in [0.15, 0.2) is 0 Å². The van der Waals surface area contributed by atoms with Gasteiger partial charge in [-0.25, -0.2) is 4.79 Å². The molecular formula is C18H31N3O3. The molecule has 1 N–H and O–H groups in total. The van der Waals surface area contributed by atoms with Gasteiger partial charge < -0.3 is 19.9 Å². The maximum atomic E-state index is 12.5. The Labute approximate surface area is 144 Å². The van der Waals surface area contributed by atoms with Crippen LogP contribution in [0.15, 0.2) is 0 Å². The number of nitrogens with one attached hydrogen (secondary N) is 1. The minimum Gasteiger partial charge on any atom is -0.444 e. The molecule has 2 unspecified atom stereocenters. The van der Waals surface area contributed by atoms with E-state index in [4.69, 9.17) is 4.74 Å². The van der Waals surface area contributed by atoms with Gasteiger partial charge in [0.05, 0.1) is 0 Å². The highest BCUT2D eigenvalue weighted by Crippen LogP contribution is 2.39. The number of piperidine rings is 1. The number of rotatable bonds is 2. The fraction of sp³-hybridized carbons (Fsp3) is 0.889. The summed E-state index contributed by atoms with van der Waals surface area (Å²) in [6.45, 7) is 9.37. The molecule has 0 saturated carbocycles. The van der Waals surface area contributed by atoms with Crippen LogP contribution in [0.25, 0.3) is 0 Å². The quantitative estimate of drug-likeness (QED) is 0.837. The zero-order chi connectivity index (χ0) is 17.3. The third kappa shape index (κ3) is 4.21. The van der Waals surface area contributed by atoms with Crippen LogP contribution in [0, 0.1) is 5.92 Å². The average molecular weight is 337 g/mol. The molecule has 3 fully saturated rings. The molecule has 2 amide bonds. The van der Waals surface area contributed by atoms with Crippen molar-refractivity contribution in [1.82, 2.24) is 15.1 Å². The van der Waals surface area contributed by atoms with Gasteiger partial charge in [-0.3, -0.25) is 4.79 Å². The Bertz CT molecular complexity index is 474. The van der Waals surface area contributed by atoms with Crippen molar-refractivity contribution in [3.05, 3.63) is 0 Å². The average Bonchev–Trinajstić information content (AvgIpc) is 2.62. The van der Waals surface area contributed by atoms with E-state index >= 15 is 0 Å². The molecule has 3 rings (SSSR count). The van der Waals surface area contributed by atoms with Crippen molar-refractivity contribution in [2.45, 2.75) is 70.6 Å². The fourth-order valence-electron chi connectivity index (χ4n) is 4.41. The molecular weight excluding hydrogens is 306 g/mol. The predicted octanol–water partition coefficient (Wildman–Crippen LogP) is 1.99. The number of carbonyl (C=O) groups excluding carboxylic acids is 2. The summed E-state index contributed by atoms with van der Waals surface area (Å²) in [5.41, 5.74) is -0.432. The monoisotopic (exact) mass is 337 g/mol. The normalized spacial score (nSPS) is 31.5. The number of hydrogen-bond donors (Lipinski definition) is 1. The first kappa shape index (κ1) is 17.5.